The van der Waals surface area contributed by atoms with Gasteiger partial charge in [-0.2, -0.15) is 0 Å². The van der Waals surface area contributed by atoms with E-state index >= 15 is 0 Å². The zero-order valence-electron chi connectivity index (χ0n) is 12.2. The molecule has 1 aliphatic rings. The van der Waals surface area contributed by atoms with Crippen molar-refractivity contribution in [3.63, 3.8) is 0 Å². The van der Waals surface area contributed by atoms with E-state index in [0.717, 1.165) is 31.2 Å². The first kappa shape index (κ1) is 15.8. The van der Waals surface area contributed by atoms with Gasteiger partial charge in [0, 0.05) is 6.54 Å². The number of aromatic hydroxyl groups is 1. The highest BCUT2D eigenvalue weighted by Gasteiger charge is 2.28. The van der Waals surface area contributed by atoms with E-state index in [9.17, 15) is 15.0 Å². The minimum atomic E-state index is -0.610. The summed E-state index contributed by atoms with van der Waals surface area (Å²) in [5.41, 5.74) is 6.97. The standard InChI is InChI=1S/C16H24N2O3/c17-15(10-12-5-7-14(20)8-6-12)16(21)18-9-3-1-2-4-13(18)11-19/h5-8,13,15,19-20H,1-4,9-11,17H2/t13?,15-/m0/s1. The Kier molecular flexibility index (Phi) is 5.59. The van der Waals surface area contributed by atoms with Gasteiger partial charge in [0.1, 0.15) is 5.75 Å². The lowest BCUT2D eigenvalue weighted by Crippen LogP contribution is -2.50. The minimum Gasteiger partial charge on any atom is -0.508 e. The van der Waals surface area contributed by atoms with Crippen LogP contribution >= 0.6 is 0 Å². The topological polar surface area (TPSA) is 86.8 Å². The molecule has 1 heterocycles. The number of rotatable bonds is 4. The number of aliphatic hydroxyl groups excluding tert-OH is 1. The zero-order valence-corrected chi connectivity index (χ0v) is 12.2. The first-order chi connectivity index (χ1) is 10.1. The number of nitrogens with zero attached hydrogens (tertiary/aromatic N) is 1. The van der Waals surface area contributed by atoms with E-state index in [1.807, 2.05) is 0 Å². The molecule has 21 heavy (non-hydrogen) atoms. The fourth-order valence-corrected chi connectivity index (χ4v) is 2.84. The molecule has 0 spiro atoms. The molecule has 0 radical (unpaired) electrons. The third-order valence-corrected chi connectivity index (χ3v) is 4.08. The van der Waals surface area contributed by atoms with Gasteiger partial charge in [0.05, 0.1) is 18.7 Å². The largest absolute Gasteiger partial charge is 0.508 e. The predicted molar refractivity (Wildman–Crippen MR) is 80.8 cm³/mol. The van der Waals surface area contributed by atoms with Gasteiger partial charge in [-0.15, -0.1) is 0 Å². The van der Waals surface area contributed by atoms with Gasteiger partial charge in [-0.05, 0) is 37.0 Å². The van der Waals surface area contributed by atoms with E-state index in [2.05, 4.69) is 0 Å². The molecule has 0 saturated carbocycles. The molecule has 0 bridgehead atoms. The van der Waals surface area contributed by atoms with Crippen LogP contribution in [0.3, 0.4) is 0 Å². The normalized spacial score (nSPS) is 20.9. The highest BCUT2D eigenvalue weighted by Crippen LogP contribution is 2.18. The molecule has 2 atom stereocenters. The number of benzene rings is 1. The first-order valence-electron chi connectivity index (χ1n) is 7.56. The molecule has 2 rings (SSSR count). The Morgan fingerprint density at radius 2 is 2.00 bits per heavy atom. The number of phenolic OH excluding ortho intramolecular Hbond substituents is 1. The molecular weight excluding hydrogens is 268 g/mol. The van der Waals surface area contributed by atoms with Crippen molar-refractivity contribution in [2.45, 2.75) is 44.2 Å². The van der Waals surface area contributed by atoms with E-state index in [1.165, 1.54) is 0 Å². The highest BCUT2D eigenvalue weighted by molar-refractivity contribution is 5.82. The Bertz CT molecular complexity index is 461. The van der Waals surface area contributed by atoms with Crippen molar-refractivity contribution in [2.75, 3.05) is 13.2 Å². The summed E-state index contributed by atoms with van der Waals surface area (Å²) in [5.74, 6) is 0.107. The Labute approximate surface area is 125 Å². The lowest BCUT2D eigenvalue weighted by molar-refractivity contribution is -0.135. The number of hydrogen-bond acceptors (Lipinski definition) is 4. The third kappa shape index (κ3) is 4.19. The van der Waals surface area contributed by atoms with Crippen molar-refractivity contribution in [1.29, 1.82) is 0 Å². The van der Waals surface area contributed by atoms with Crippen LogP contribution in [0, 0.1) is 0 Å². The summed E-state index contributed by atoms with van der Waals surface area (Å²) < 4.78 is 0. The Morgan fingerprint density at radius 3 is 2.67 bits per heavy atom. The average molecular weight is 292 g/mol. The van der Waals surface area contributed by atoms with Gasteiger partial charge >= 0.3 is 0 Å². The maximum atomic E-state index is 12.5. The SMILES string of the molecule is N[C@@H](Cc1ccc(O)cc1)C(=O)N1CCCCCC1CO. The molecule has 116 valence electrons. The van der Waals surface area contributed by atoms with Crippen molar-refractivity contribution in [2.24, 2.45) is 5.73 Å². The van der Waals surface area contributed by atoms with E-state index < -0.39 is 6.04 Å². The van der Waals surface area contributed by atoms with E-state index in [-0.39, 0.29) is 24.3 Å². The monoisotopic (exact) mass is 292 g/mol. The van der Waals surface area contributed by atoms with Crippen LogP contribution in [0.25, 0.3) is 0 Å². The molecule has 5 nitrogen and oxygen atoms in total. The number of likely N-dealkylation sites (tertiary alicyclic amines) is 1. The quantitative estimate of drug-likeness (QED) is 0.773. The fourth-order valence-electron chi connectivity index (χ4n) is 2.84. The van der Waals surface area contributed by atoms with Gasteiger partial charge in [-0.3, -0.25) is 4.79 Å². The smallest absolute Gasteiger partial charge is 0.240 e. The van der Waals surface area contributed by atoms with Gasteiger partial charge in [0.15, 0.2) is 0 Å². The third-order valence-electron chi connectivity index (χ3n) is 4.08. The van der Waals surface area contributed by atoms with Crippen LogP contribution in [0.5, 0.6) is 5.75 Å². The van der Waals surface area contributed by atoms with Crippen LogP contribution in [0.15, 0.2) is 24.3 Å². The number of hydrogen-bond donors (Lipinski definition) is 3. The van der Waals surface area contributed by atoms with Gasteiger partial charge in [0.25, 0.3) is 0 Å². The summed E-state index contributed by atoms with van der Waals surface area (Å²) in [5, 5.41) is 18.7. The molecule has 1 aromatic rings. The molecule has 1 unspecified atom stereocenters. The van der Waals surface area contributed by atoms with Crippen LogP contribution < -0.4 is 5.73 Å². The summed E-state index contributed by atoms with van der Waals surface area (Å²) in [6.07, 6.45) is 4.38. The van der Waals surface area contributed by atoms with Gasteiger partial charge < -0.3 is 20.8 Å². The maximum absolute atomic E-state index is 12.5. The fraction of sp³-hybridized carbons (Fsp3) is 0.562. The second-order valence-electron chi connectivity index (χ2n) is 5.69. The van der Waals surface area contributed by atoms with Crippen molar-refractivity contribution < 1.29 is 15.0 Å². The number of amides is 1. The zero-order chi connectivity index (χ0) is 15.2. The number of aliphatic hydroxyl groups is 1. The molecule has 1 amide bonds. The van der Waals surface area contributed by atoms with Gasteiger partial charge in [-0.25, -0.2) is 0 Å². The van der Waals surface area contributed by atoms with Crippen molar-refractivity contribution in [1.82, 2.24) is 4.90 Å². The number of phenols is 1. The lowest BCUT2D eigenvalue weighted by atomic mass is 10.0. The lowest BCUT2D eigenvalue weighted by Gasteiger charge is -2.31. The highest BCUT2D eigenvalue weighted by atomic mass is 16.3. The van der Waals surface area contributed by atoms with Gasteiger partial charge in [0.2, 0.25) is 5.91 Å². The van der Waals surface area contributed by atoms with Crippen LogP contribution in [-0.4, -0.2) is 46.3 Å². The maximum Gasteiger partial charge on any atom is 0.240 e. The van der Waals surface area contributed by atoms with E-state index in [1.54, 1.807) is 29.2 Å². The number of carbonyl (C=O) groups is 1. The van der Waals surface area contributed by atoms with Crippen LogP contribution in [0.1, 0.15) is 31.2 Å². The molecule has 1 aromatic carbocycles. The van der Waals surface area contributed by atoms with Crippen molar-refractivity contribution in [3.8, 4) is 5.75 Å². The van der Waals surface area contributed by atoms with E-state index in [0.29, 0.717) is 13.0 Å². The summed E-state index contributed by atoms with van der Waals surface area (Å²) in [6.45, 7) is 0.672. The molecular formula is C16H24N2O3. The summed E-state index contributed by atoms with van der Waals surface area (Å²) in [4.78, 5) is 14.3. The predicted octanol–water partition coefficient (Wildman–Crippen LogP) is 1.03. The van der Waals surface area contributed by atoms with Crippen molar-refractivity contribution >= 4 is 5.91 Å². The summed E-state index contributed by atoms with van der Waals surface area (Å²) in [6, 6.07) is 6.01. The molecule has 1 aliphatic heterocycles. The Hall–Kier alpha value is -1.59. The molecule has 5 heteroatoms. The van der Waals surface area contributed by atoms with Crippen LogP contribution in [0.2, 0.25) is 0 Å². The summed E-state index contributed by atoms with van der Waals surface area (Å²) in [7, 11) is 0. The number of nitrogens with two attached hydrogens (primary N) is 1. The van der Waals surface area contributed by atoms with Crippen molar-refractivity contribution in [3.05, 3.63) is 29.8 Å². The molecule has 1 fully saturated rings. The molecule has 0 aromatic heterocycles. The Morgan fingerprint density at radius 1 is 1.29 bits per heavy atom. The first-order valence-corrected chi connectivity index (χ1v) is 7.56. The molecule has 1 saturated heterocycles. The molecule has 0 aliphatic carbocycles. The van der Waals surface area contributed by atoms with Gasteiger partial charge in [-0.1, -0.05) is 25.0 Å². The Balaban J connectivity index is 2.01. The minimum absolute atomic E-state index is 0.00231. The van der Waals surface area contributed by atoms with Crippen LogP contribution in [-0.2, 0) is 11.2 Å². The van der Waals surface area contributed by atoms with E-state index in [4.69, 9.17) is 5.73 Å². The molecule has 4 N–H and O–H groups in total. The number of carbonyl (C=O) groups excluding carboxylic acids is 1. The average Bonchev–Trinajstić information content (AvgIpc) is 2.73. The van der Waals surface area contributed by atoms with Crippen LogP contribution in [0.4, 0.5) is 0 Å². The second-order valence-corrected chi connectivity index (χ2v) is 5.69. The summed E-state index contributed by atoms with van der Waals surface area (Å²) >= 11 is 0. The second kappa shape index (κ2) is 7.43.